The molecule has 3 aromatic rings. The Morgan fingerprint density at radius 2 is 1.83 bits per heavy atom. The molecule has 5 nitrogen and oxygen atoms in total. The van der Waals surface area contributed by atoms with Gasteiger partial charge in [-0.25, -0.2) is 4.79 Å². The Morgan fingerprint density at radius 1 is 1.03 bits per heavy atom. The molecule has 0 amide bonds. The van der Waals surface area contributed by atoms with Crippen LogP contribution in [0, 0.1) is 0 Å². The van der Waals surface area contributed by atoms with Gasteiger partial charge in [-0.3, -0.25) is 4.57 Å². The van der Waals surface area contributed by atoms with Crippen LogP contribution < -0.4 is 10.4 Å². The lowest BCUT2D eigenvalue weighted by atomic mass is 10.2. The topological polar surface area (TPSA) is 64.3 Å². The molecule has 1 aromatic heterocycles. The lowest BCUT2D eigenvalue weighted by Gasteiger charge is -2.14. The van der Waals surface area contributed by atoms with E-state index in [0.717, 1.165) is 47.0 Å². The number of ether oxygens (including phenoxy) is 1. The van der Waals surface area contributed by atoms with Crippen molar-refractivity contribution in [3.8, 4) is 5.75 Å². The minimum absolute atomic E-state index is 0.0861. The number of aliphatic hydroxyl groups excluding tert-OH is 1. The lowest BCUT2D eigenvalue weighted by Crippen LogP contribution is -2.27. The van der Waals surface area contributed by atoms with E-state index < -0.39 is 0 Å². The summed E-state index contributed by atoms with van der Waals surface area (Å²) in [5.74, 6) is 1.61. The van der Waals surface area contributed by atoms with Crippen molar-refractivity contribution in [3.05, 3.63) is 87.5 Å². The second-order valence-corrected chi connectivity index (χ2v) is 8.38. The first kappa shape index (κ1) is 20.7. The molecule has 0 saturated heterocycles. The molecule has 0 bridgehead atoms. The maximum Gasteiger partial charge on any atom is 0.348 e. The van der Waals surface area contributed by atoms with Gasteiger partial charge in [0.2, 0.25) is 0 Å². The summed E-state index contributed by atoms with van der Waals surface area (Å²) in [5, 5.41) is 9.95. The fourth-order valence-electron chi connectivity index (χ4n) is 3.74. The van der Waals surface area contributed by atoms with Crippen LogP contribution in [0.3, 0.4) is 0 Å². The molecule has 0 unspecified atom stereocenters. The normalized spacial score (nSPS) is 12.7. The van der Waals surface area contributed by atoms with E-state index >= 15 is 0 Å². The monoisotopic (exact) mass is 422 g/mol. The van der Waals surface area contributed by atoms with E-state index in [4.69, 9.17) is 9.84 Å². The quantitative estimate of drug-likeness (QED) is 0.417. The van der Waals surface area contributed by atoms with Crippen molar-refractivity contribution >= 4 is 11.8 Å². The van der Waals surface area contributed by atoms with E-state index in [-0.39, 0.29) is 12.3 Å². The molecule has 1 heterocycles. The lowest BCUT2D eigenvalue weighted by molar-refractivity contribution is 0.277. The highest BCUT2D eigenvalue weighted by molar-refractivity contribution is 7.98. The van der Waals surface area contributed by atoms with E-state index in [1.807, 2.05) is 42.5 Å². The molecule has 30 heavy (non-hydrogen) atoms. The van der Waals surface area contributed by atoms with Gasteiger partial charge in [-0.05, 0) is 48.9 Å². The van der Waals surface area contributed by atoms with Gasteiger partial charge in [0, 0.05) is 30.2 Å². The Morgan fingerprint density at radius 3 is 2.60 bits per heavy atom. The van der Waals surface area contributed by atoms with Gasteiger partial charge in [0.05, 0.1) is 0 Å². The number of fused-ring (bicyclic) bond motifs is 1. The number of hydrogen-bond acceptors (Lipinski definition) is 5. The molecule has 1 N–H and O–H groups in total. The van der Waals surface area contributed by atoms with Crippen LogP contribution in [-0.4, -0.2) is 21.3 Å². The van der Waals surface area contributed by atoms with Gasteiger partial charge in [0.25, 0.3) is 0 Å². The van der Waals surface area contributed by atoms with Crippen LogP contribution in [-0.2, 0) is 31.7 Å². The third kappa shape index (κ3) is 4.94. The molecule has 2 aromatic carbocycles. The zero-order valence-electron chi connectivity index (χ0n) is 16.9. The van der Waals surface area contributed by atoms with Gasteiger partial charge >= 0.3 is 5.69 Å². The summed E-state index contributed by atoms with van der Waals surface area (Å²) < 4.78 is 7.60. The number of thioether (sulfide) groups is 1. The van der Waals surface area contributed by atoms with Gasteiger partial charge in [-0.15, -0.1) is 11.8 Å². The van der Waals surface area contributed by atoms with Crippen molar-refractivity contribution in [3.63, 3.8) is 0 Å². The molecular formula is C24H26N2O3S. The van der Waals surface area contributed by atoms with Crippen LogP contribution in [0.4, 0.5) is 0 Å². The highest BCUT2D eigenvalue weighted by atomic mass is 32.2. The van der Waals surface area contributed by atoms with Crippen molar-refractivity contribution in [1.29, 1.82) is 0 Å². The molecule has 1 aliphatic carbocycles. The minimum Gasteiger partial charge on any atom is -0.489 e. The summed E-state index contributed by atoms with van der Waals surface area (Å²) in [5.41, 5.74) is 4.43. The number of aliphatic hydroxyl groups is 1. The second-order valence-electron chi connectivity index (χ2n) is 7.41. The Balaban J connectivity index is 1.39. The smallest absolute Gasteiger partial charge is 0.348 e. The first-order valence-electron chi connectivity index (χ1n) is 10.4. The molecule has 1 aliphatic rings. The largest absolute Gasteiger partial charge is 0.489 e. The predicted molar refractivity (Wildman–Crippen MR) is 119 cm³/mol. The van der Waals surface area contributed by atoms with Crippen LogP contribution in [0.5, 0.6) is 5.75 Å². The van der Waals surface area contributed by atoms with Crippen LogP contribution in [0.25, 0.3) is 0 Å². The fraction of sp³-hybridized carbons (Fsp3) is 0.333. The average Bonchev–Trinajstić information content (AvgIpc) is 3.27. The van der Waals surface area contributed by atoms with Gasteiger partial charge < -0.3 is 9.84 Å². The van der Waals surface area contributed by atoms with Crippen LogP contribution >= 0.6 is 11.8 Å². The molecule has 0 radical (unpaired) electrons. The van der Waals surface area contributed by atoms with E-state index in [2.05, 4.69) is 17.1 Å². The molecule has 156 valence electrons. The number of aromatic nitrogens is 2. The predicted octanol–water partition coefficient (Wildman–Crippen LogP) is 3.99. The average molecular weight is 423 g/mol. The van der Waals surface area contributed by atoms with Crippen molar-refractivity contribution in [1.82, 2.24) is 9.55 Å². The van der Waals surface area contributed by atoms with Crippen LogP contribution in [0.1, 0.15) is 35.2 Å². The van der Waals surface area contributed by atoms with Gasteiger partial charge in [-0.1, -0.05) is 42.5 Å². The fourth-order valence-corrected chi connectivity index (χ4v) is 4.77. The van der Waals surface area contributed by atoms with Crippen LogP contribution in [0.2, 0.25) is 0 Å². The summed E-state index contributed by atoms with van der Waals surface area (Å²) in [6, 6.07) is 18.2. The maximum absolute atomic E-state index is 12.5. The number of nitrogens with zero attached hydrogens (tertiary/aromatic N) is 2. The minimum atomic E-state index is -0.198. The first-order chi connectivity index (χ1) is 14.7. The second kappa shape index (κ2) is 9.96. The molecule has 0 aliphatic heterocycles. The number of rotatable bonds is 9. The third-order valence-electron chi connectivity index (χ3n) is 5.29. The van der Waals surface area contributed by atoms with Crippen molar-refractivity contribution in [2.45, 2.75) is 49.6 Å². The molecule has 0 spiro atoms. The molecule has 0 atom stereocenters. The molecule has 4 rings (SSSR count). The Kier molecular flexibility index (Phi) is 6.87. The summed E-state index contributed by atoms with van der Waals surface area (Å²) in [6.45, 7) is 1.18. The summed E-state index contributed by atoms with van der Waals surface area (Å²) in [4.78, 5) is 16.8. The van der Waals surface area contributed by atoms with E-state index in [1.165, 1.54) is 11.1 Å². The summed E-state index contributed by atoms with van der Waals surface area (Å²) in [6.07, 6.45) is 3.52. The van der Waals surface area contributed by atoms with E-state index in [0.29, 0.717) is 19.6 Å². The highest BCUT2D eigenvalue weighted by Gasteiger charge is 2.21. The Hall–Kier alpha value is -2.57. The Bertz CT molecular complexity index is 1030. The number of benzene rings is 2. The van der Waals surface area contributed by atoms with Crippen molar-refractivity contribution < 1.29 is 9.84 Å². The molecule has 0 fully saturated rings. The molecular weight excluding hydrogens is 396 g/mol. The van der Waals surface area contributed by atoms with Crippen LogP contribution in [0.15, 0.2) is 64.4 Å². The molecule has 6 heteroatoms. The van der Waals surface area contributed by atoms with Gasteiger partial charge in [0.1, 0.15) is 17.4 Å². The SMILES string of the molecule is O=c1nc(SCc2ccc(OCc3ccccc3)cc2)c2c(n1CCCO)CCC2. The first-order valence-corrected chi connectivity index (χ1v) is 11.3. The maximum atomic E-state index is 12.5. The standard InChI is InChI=1S/C24H26N2O3S/c27-15-5-14-26-22-9-4-8-21(22)23(25-24(26)28)30-17-19-10-12-20(13-11-19)29-16-18-6-2-1-3-7-18/h1-3,6-7,10-13,27H,4-5,8-9,14-17H2. The summed E-state index contributed by atoms with van der Waals surface area (Å²) >= 11 is 1.63. The zero-order valence-corrected chi connectivity index (χ0v) is 17.7. The summed E-state index contributed by atoms with van der Waals surface area (Å²) in [7, 11) is 0. The number of hydrogen-bond donors (Lipinski definition) is 1. The zero-order chi connectivity index (χ0) is 20.8. The Labute approximate surface area is 180 Å². The van der Waals surface area contributed by atoms with Crippen molar-refractivity contribution in [2.75, 3.05) is 6.61 Å². The van der Waals surface area contributed by atoms with E-state index in [1.54, 1.807) is 16.3 Å². The third-order valence-corrected chi connectivity index (χ3v) is 6.38. The molecule has 0 saturated carbocycles. The highest BCUT2D eigenvalue weighted by Crippen LogP contribution is 2.31. The van der Waals surface area contributed by atoms with Gasteiger partial charge in [-0.2, -0.15) is 4.98 Å². The van der Waals surface area contributed by atoms with E-state index in [9.17, 15) is 4.79 Å². The van der Waals surface area contributed by atoms with Crippen molar-refractivity contribution in [2.24, 2.45) is 0 Å². The van der Waals surface area contributed by atoms with Gasteiger partial charge in [0.15, 0.2) is 0 Å².